The molecule has 1 aromatic heterocycles. The third-order valence-electron chi connectivity index (χ3n) is 2.78. The van der Waals surface area contributed by atoms with Gasteiger partial charge in [0.25, 0.3) is 0 Å². The molecule has 1 unspecified atom stereocenters. The minimum Gasteiger partial charge on any atom is -0.480 e. The van der Waals surface area contributed by atoms with E-state index in [4.69, 9.17) is 0 Å². The first-order chi connectivity index (χ1) is 8.86. The molecule has 6 heteroatoms. The van der Waals surface area contributed by atoms with Crippen LogP contribution in [-0.4, -0.2) is 34.3 Å². The van der Waals surface area contributed by atoms with Gasteiger partial charge in [0, 0.05) is 11.8 Å². The van der Waals surface area contributed by atoms with Crippen molar-refractivity contribution in [2.24, 2.45) is 5.92 Å². The average Bonchev–Trinajstić information content (AvgIpc) is 2.77. The molecular formula is C13H18N2O4. The Morgan fingerprint density at radius 3 is 2.47 bits per heavy atom. The first-order valence-electron chi connectivity index (χ1n) is 6.02. The molecule has 0 spiro atoms. The van der Waals surface area contributed by atoms with E-state index >= 15 is 0 Å². The number of aromatic nitrogens is 1. The van der Waals surface area contributed by atoms with Crippen LogP contribution < -0.4 is 4.90 Å². The van der Waals surface area contributed by atoms with Crippen LogP contribution in [-0.2, 0) is 9.59 Å². The Morgan fingerprint density at radius 1 is 1.47 bits per heavy atom. The number of nitrogens with zero attached hydrogens (tertiary/aromatic N) is 1. The number of carboxylic acids is 1. The summed E-state index contributed by atoms with van der Waals surface area (Å²) in [6, 6.07) is 0.531. The van der Waals surface area contributed by atoms with Crippen LogP contribution >= 0.6 is 0 Å². The Morgan fingerprint density at radius 2 is 2.11 bits per heavy atom. The highest BCUT2D eigenvalue weighted by Crippen LogP contribution is 2.20. The summed E-state index contributed by atoms with van der Waals surface area (Å²) in [5, 5.41) is 9.22. The van der Waals surface area contributed by atoms with Crippen LogP contribution in [0, 0.1) is 5.92 Å². The summed E-state index contributed by atoms with van der Waals surface area (Å²) in [6.07, 6.45) is 2.27. The number of hydrogen-bond donors (Lipinski definition) is 2. The second-order valence-corrected chi connectivity index (χ2v) is 4.83. The van der Waals surface area contributed by atoms with Gasteiger partial charge in [-0.05, 0) is 25.3 Å². The predicted molar refractivity (Wildman–Crippen MR) is 70.2 cm³/mol. The van der Waals surface area contributed by atoms with Gasteiger partial charge in [-0.2, -0.15) is 0 Å². The fourth-order valence-electron chi connectivity index (χ4n) is 1.81. The van der Waals surface area contributed by atoms with Crippen molar-refractivity contribution in [3.63, 3.8) is 0 Å². The monoisotopic (exact) mass is 266 g/mol. The third-order valence-corrected chi connectivity index (χ3v) is 2.78. The largest absolute Gasteiger partial charge is 0.480 e. The predicted octanol–water partition coefficient (Wildman–Crippen LogP) is 1.68. The summed E-state index contributed by atoms with van der Waals surface area (Å²) in [5.74, 6) is -0.775. The number of carbonyl (C=O) groups is 3. The Hall–Kier alpha value is -2.11. The fraction of sp³-hybridized carbons (Fsp3) is 0.462. The highest BCUT2D eigenvalue weighted by molar-refractivity contribution is 5.96. The molecule has 0 bridgehead atoms. The smallest absolute Gasteiger partial charge is 0.326 e. The van der Waals surface area contributed by atoms with E-state index in [-0.39, 0.29) is 11.7 Å². The third kappa shape index (κ3) is 3.67. The van der Waals surface area contributed by atoms with Gasteiger partial charge in [0.15, 0.2) is 5.78 Å². The molecule has 6 nitrogen and oxygen atoms in total. The highest BCUT2D eigenvalue weighted by atomic mass is 16.4. The Balaban J connectivity index is 3.04. The van der Waals surface area contributed by atoms with Crippen LogP contribution in [0.2, 0.25) is 0 Å². The number of carboxylic acid groups (broad SMARTS) is 1. The summed E-state index contributed by atoms with van der Waals surface area (Å²) < 4.78 is 0. The average molecular weight is 266 g/mol. The van der Waals surface area contributed by atoms with Gasteiger partial charge in [0.05, 0.1) is 0 Å². The molecule has 1 rings (SSSR count). The van der Waals surface area contributed by atoms with Crippen LogP contribution in [0.5, 0.6) is 0 Å². The molecule has 0 radical (unpaired) electrons. The number of nitrogens with one attached hydrogen (secondary N) is 1. The minimum atomic E-state index is -1.07. The normalized spacial score (nSPS) is 12.2. The van der Waals surface area contributed by atoms with Crippen molar-refractivity contribution in [2.45, 2.75) is 33.2 Å². The van der Waals surface area contributed by atoms with Gasteiger partial charge in [0.1, 0.15) is 11.9 Å². The van der Waals surface area contributed by atoms with Crippen molar-refractivity contribution in [3.8, 4) is 0 Å². The molecule has 0 fully saturated rings. The summed E-state index contributed by atoms with van der Waals surface area (Å²) >= 11 is 0. The molecule has 0 saturated heterocycles. The van der Waals surface area contributed by atoms with Gasteiger partial charge < -0.3 is 10.1 Å². The second-order valence-electron chi connectivity index (χ2n) is 4.83. The molecule has 1 atom stereocenters. The molecule has 0 aromatic carbocycles. The summed E-state index contributed by atoms with van der Waals surface area (Å²) in [6.45, 7) is 5.17. The van der Waals surface area contributed by atoms with Gasteiger partial charge in [0.2, 0.25) is 6.41 Å². The number of H-pyrrole nitrogens is 1. The number of hydrogen-bond acceptors (Lipinski definition) is 3. The van der Waals surface area contributed by atoms with E-state index in [9.17, 15) is 19.5 Å². The number of anilines is 1. The van der Waals surface area contributed by atoms with E-state index in [2.05, 4.69) is 4.98 Å². The molecule has 1 aromatic rings. The maximum Gasteiger partial charge on any atom is 0.326 e. The van der Waals surface area contributed by atoms with Gasteiger partial charge in [-0.1, -0.05) is 13.8 Å². The van der Waals surface area contributed by atoms with E-state index in [1.54, 1.807) is 0 Å². The molecular weight excluding hydrogens is 248 g/mol. The Kier molecular flexibility index (Phi) is 4.86. The molecule has 1 heterocycles. The van der Waals surface area contributed by atoms with E-state index in [0.29, 0.717) is 24.2 Å². The maximum atomic E-state index is 11.3. The number of aromatic amines is 1. The zero-order valence-electron chi connectivity index (χ0n) is 11.2. The number of carbonyl (C=O) groups excluding carboxylic acids is 2. The quantitative estimate of drug-likeness (QED) is 0.580. The lowest BCUT2D eigenvalue weighted by molar-refractivity contribution is -0.139. The number of Topliss-reactive ketones (excluding diaryl/α,β-unsaturated/α-hetero) is 1. The van der Waals surface area contributed by atoms with E-state index in [1.807, 2.05) is 13.8 Å². The van der Waals surface area contributed by atoms with E-state index < -0.39 is 12.0 Å². The van der Waals surface area contributed by atoms with Gasteiger partial charge in [-0.15, -0.1) is 0 Å². The van der Waals surface area contributed by atoms with Crippen molar-refractivity contribution in [1.82, 2.24) is 4.98 Å². The Labute approximate surface area is 111 Å². The highest BCUT2D eigenvalue weighted by Gasteiger charge is 2.27. The summed E-state index contributed by atoms with van der Waals surface area (Å²) in [5.41, 5.74) is 0.413. The maximum absolute atomic E-state index is 11.3. The first kappa shape index (κ1) is 14.9. The molecule has 1 amide bonds. The first-order valence-corrected chi connectivity index (χ1v) is 6.02. The lowest BCUT2D eigenvalue weighted by atomic mass is 10.0. The van der Waals surface area contributed by atoms with E-state index in [0.717, 1.165) is 4.90 Å². The van der Waals surface area contributed by atoms with Crippen LogP contribution in [0.4, 0.5) is 5.82 Å². The molecule has 0 aliphatic heterocycles. The summed E-state index contributed by atoms with van der Waals surface area (Å²) in [4.78, 5) is 37.5. The van der Waals surface area contributed by atoms with Crippen LogP contribution in [0.1, 0.15) is 37.6 Å². The van der Waals surface area contributed by atoms with Crippen LogP contribution in [0.25, 0.3) is 0 Å². The number of aliphatic carboxylic acids is 1. The second kappa shape index (κ2) is 6.17. The molecule has 104 valence electrons. The summed E-state index contributed by atoms with van der Waals surface area (Å²) in [7, 11) is 0. The molecule has 2 N–H and O–H groups in total. The number of ketones is 1. The fourth-order valence-corrected chi connectivity index (χ4v) is 1.81. The van der Waals surface area contributed by atoms with Crippen molar-refractivity contribution >= 4 is 24.0 Å². The SMILES string of the molecule is CC(=O)c1c[nH]c(N(C=O)C(CC(C)C)C(=O)O)c1. The Bertz CT molecular complexity index is 479. The number of rotatable bonds is 7. The molecule has 0 aliphatic carbocycles. The van der Waals surface area contributed by atoms with Gasteiger partial charge in [-0.3, -0.25) is 14.5 Å². The standard InChI is InChI=1S/C13H18N2O4/c1-8(2)4-11(13(18)19)15(7-16)12-5-10(6-14-12)9(3)17/h5-8,11,14H,4H2,1-3H3,(H,18,19). The lowest BCUT2D eigenvalue weighted by Gasteiger charge is -2.24. The molecule has 0 aliphatic rings. The van der Waals surface area contributed by atoms with Crippen molar-refractivity contribution < 1.29 is 19.5 Å². The van der Waals surface area contributed by atoms with Gasteiger partial charge >= 0.3 is 5.97 Å². The topological polar surface area (TPSA) is 90.5 Å². The van der Waals surface area contributed by atoms with Crippen molar-refractivity contribution in [1.29, 1.82) is 0 Å². The zero-order chi connectivity index (χ0) is 14.6. The van der Waals surface area contributed by atoms with Crippen molar-refractivity contribution in [3.05, 3.63) is 17.8 Å². The van der Waals surface area contributed by atoms with Crippen LogP contribution in [0.3, 0.4) is 0 Å². The van der Waals surface area contributed by atoms with Crippen LogP contribution in [0.15, 0.2) is 12.3 Å². The minimum absolute atomic E-state index is 0.130. The van der Waals surface area contributed by atoms with Crippen molar-refractivity contribution in [2.75, 3.05) is 4.90 Å². The lowest BCUT2D eigenvalue weighted by Crippen LogP contribution is -2.41. The zero-order valence-corrected chi connectivity index (χ0v) is 11.2. The van der Waals surface area contributed by atoms with Gasteiger partial charge in [-0.25, -0.2) is 4.79 Å². The molecule has 0 saturated carbocycles. The number of amides is 1. The van der Waals surface area contributed by atoms with E-state index in [1.165, 1.54) is 19.2 Å². The molecule has 19 heavy (non-hydrogen) atoms.